The van der Waals surface area contributed by atoms with Crippen LogP contribution in [-0.2, 0) is 6.54 Å². The van der Waals surface area contributed by atoms with Gasteiger partial charge in [-0.15, -0.1) is 0 Å². The van der Waals surface area contributed by atoms with E-state index in [0.29, 0.717) is 5.69 Å². The van der Waals surface area contributed by atoms with Gasteiger partial charge in [0.2, 0.25) is 0 Å². The summed E-state index contributed by atoms with van der Waals surface area (Å²) in [4.78, 5) is 7.79. The monoisotopic (exact) mass is 293 g/mol. The highest BCUT2D eigenvalue weighted by atomic mass is 19.1. The lowest BCUT2D eigenvalue weighted by Crippen LogP contribution is -2.15. The minimum absolute atomic E-state index is 0.0189. The molecule has 6 heteroatoms. The summed E-state index contributed by atoms with van der Waals surface area (Å²) in [7, 11) is 0. The van der Waals surface area contributed by atoms with Crippen LogP contribution in [0.15, 0.2) is 24.5 Å². The molecule has 110 valence electrons. The van der Waals surface area contributed by atoms with Gasteiger partial charge in [-0.2, -0.15) is 0 Å². The smallest absolute Gasteiger partial charge is 0.187 e. The molecule has 1 N–H and O–H groups in total. The third-order valence-corrected chi connectivity index (χ3v) is 3.80. The second-order valence-corrected chi connectivity index (χ2v) is 5.10. The minimum Gasteiger partial charge on any atom is -0.363 e. The lowest BCUT2D eigenvalue weighted by Gasteiger charge is -2.25. The predicted octanol–water partition coefficient (Wildman–Crippen LogP) is 3.77. The van der Waals surface area contributed by atoms with Crippen molar-refractivity contribution in [3.63, 3.8) is 0 Å². The molecule has 1 heterocycles. The van der Waals surface area contributed by atoms with Gasteiger partial charge in [0.05, 0.1) is 5.69 Å². The van der Waals surface area contributed by atoms with Crippen LogP contribution in [0.25, 0.3) is 0 Å². The van der Waals surface area contributed by atoms with E-state index in [1.165, 1.54) is 12.4 Å². The average molecular weight is 293 g/mol. The van der Waals surface area contributed by atoms with Crippen LogP contribution in [0, 0.1) is 17.5 Å². The highest BCUT2D eigenvalue weighted by Gasteiger charge is 2.26. The predicted molar refractivity (Wildman–Crippen MR) is 72.3 cm³/mol. The summed E-state index contributed by atoms with van der Waals surface area (Å²) in [5.74, 6) is -1.76. The van der Waals surface area contributed by atoms with Crippen molar-refractivity contribution in [2.75, 3.05) is 5.32 Å². The summed E-state index contributed by atoms with van der Waals surface area (Å²) >= 11 is 0. The van der Waals surface area contributed by atoms with Crippen molar-refractivity contribution in [1.29, 1.82) is 0 Å². The fourth-order valence-electron chi connectivity index (χ4n) is 2.35. The van der Waals surface area contributed by atoms with Gasteiger partial charge in [0.1, 0.15) is 18.0 Å². The summed E-state index contributed by atoms with van der Waals surface area (Å²) in [5.41, 5.74) is 0.244. The molecule has 0 atom stereocenters. The third kappa shape index (κ3) is 2.70. The van der Waals surface area contributed by atoms with Crippen LogP contribution in [0.5, 0.6) is 0 Å². The normalized spacial score (nSPS) is 14.8. The first-order valence-electron chi connectivity index (χ1n) is 6.84. The molecule has 0 amide bonds. The molecule has 1 saturated carbocycles. The van der Waals surface area contributed by atoms with Crippen molar-refractivity contribution in [1.82, 2.24) is 9.97 Å². The molecule has 0 aliphatic heterocycles. The quantitative estimate of drug-likeness (QED) is 0.932. The molecule has 1 aromatic carbocycles. The number of benzene rings is 1. The van der Waals surface area contributed by atoms with Gasteiger partial charge in [-0.25, -0.2) is 23.1 Å². The average Bonchev–Trinajstić information content (AvgIpc) is 2.40. The molecule has 21 heavy (non-hydrogen) atoms. The summed E-state index contributed by atoms with van der Waals surface area (Å²) in [5, 5.41) is 2.65. The third-order valence-electron chi connectivity index (χ3n) is 3.80. The number of hydrogen-bond acceptors (Lipinski definition) is 3. The Labute approximate surface area is 120 Å². The van der Waals surface area contributed by atoms with E-state index in [-0.39, 0.29) is 23.8 Å². The Morgan fingerprint density at radius 1 is 1.10 bits per heavy atom. The SMILES string of the molecule is Fc1cccc(F)c1CNc1ncnc(C2CCC2)c1F. The number of halogens is 3. The number of anilines is 1. The molecule has 1 aliphatic rings. The van der Waals surface area contributed by atoms with Gasteiger partial charge >= 0.3 is 0 Å². The largest absolute Gasteiger partial charge is 0.363 e. The summed E-state index contributed by atoms with van der Waals surface area (Å²) in [6, 6.07) is 3.61. The number of hydrogen-bond donors (Lipinski definition) is 1. The van der Waals surface area contributed by atoms with Gasteiger partial charge in [-0.3, -0.25) is 0 Å². The second-order valence-electron chi connectivity index (χ2n) is 5.10. The Balaban J connectivity index is 1.79. The van der Waals surface area contributed by atoms with Crippen LogP contribution < -0.4 is 5.32 Å². The van der Waals surface area contributed by atoms with E-state index in [1.54, 1.807) is 0 Å². The van der Waals surface area contributed by atoms with Gasteiger partial charge in [0.25, 0.3) is 0 Å². The van der Waals surface area contributed by atoms with Crippen LogP contribution in [0.1, 0.15) is 36.4 Å². The van der Waals surface area contributed by atoms with Gasteiger partial charge in [0.15, 0.2) is 11.6 Å². The zero-order valence-electron chi connectivity index (χ0n) is 11.2. The van der Waals surface area contributed by atoms with Crippen molar-refractivity contribution >= 4 is 5.82 Å². The van der Waals surface area contributed by atoms with Crippen molar-refractivity contribution in [2.45, 2.75) is 31.7 Å². The van der Waals surface area contributed by atoms with E-state index < -0.39 is 17.5 Å². The highest BCUT2D eigenvalue weighted by molar-refractivity contribution is 5.40. The first kappa shape index (κ1) is 13.9. The Hall–Kier alpha value is -2.11. The number of rotatable bonds is 4. The molecular formula is C15H14F3N3. The van der Waals surface area contributed by atoms with E-state index >= 15 is 0 Å². The van der Waals surface area contributed by atoms with Gasteiger partial charge in [0, 0.05) is 18.0 Å². The maximum absolute atomic E-state index is 14.3. The maximum atomic E-state index is 14.3. The molecule has 1 fully saturated rings. The molecule has 1 aliphatic carbocycles. The minimum atomic E-state index is -0.670. The molecule has 2 aromatic rings. The fraction of sp³-hybridized carbons (Fsp3) is 0.333. The fourth-order valence-corrected chi connectivity index (χ4v) is 2.35. The van der Waals surface area contributed by atoms with Crippen LogP contribution in [0.2, 0.25) is 0 Å². The van der Waals surface area contributed by atoms with E-state index in [2.05, 4.69) is 15.3 Å². The Morgan fingerprint density at radius 2 is 1.81 bits per heavy atom. The van der Waals surface area contributed by atoms with E-state index in [9.17, 15) is 13.2 Å². The van der Waals surface area contributed by atoms with Gasteiger partial charge < -0.3 is 5.32 Å². The number of nitrogens with zero attached hydrogens (tertiary/aromatic N) is 2. The first-order chi connectivity index (χ1) is 10.2. The first-order valence-corrected chi connectivity index (χ1v) is 6.84. The Morgan fingerprint density at radius 3 is 2.43 bits per heavy atom. The summed E-state index contributed by atoms with van der Waals surface area (Å²) in [6.07, 6.45) is 4.17. The lowest BCUT2D eigenvalue weighted by molar-refractivity contribution is 0.393. The number of nitrogens with one attached hydrogen (secondary N) is 1. The highest BCUT2D eigenvalue weighted by Crippen LogP contribution is 2.37. The molecule has 0 spiro atoms. The molecule has 3 nitrogen and oxygen atoms in total. The van der Waals surface area contributed by atoms with E-state index in [1.807, 2.05) is 0 Å². The standard InChI is InChI=1S/C15H14F3N3/c16-11-5-2-6-12(17)10(11)7-19-15-13(18)14(20-8-21-15)9-3-1-4-9/h2,5-6,8-9H,1,3-4,7H2,(H,19,20,21). The van der Waals surface area contributed by atoms with Gasteiger partial charge in [-0.1, -0.05) is 12.5 Å². The maximum Gasteiger partial charge on any atom is 0.187 e. The van der Waals surface area contributed by atoms with E-state index in [0.717, 1.165) is 31.4 Å². The molecule has 0 bridgehead atoms. The van der Waals surface area contributed by atoms with Gasteiger partial charge in [-0.05, 0) is 25.0 Å². The molecule has 0 saturated heterocycles. The summed E-state index contributed by atoms with van der Waals surface area (Å²) in [6.45, 7) is -0.170. The van der Waals surface area contributed by atoms with Crippen molar-refractivity contribution in [2.24, 2.45) is 0 Å². The molecule has 1 aromatic heterocycles. The molecule has 3 rings (SSSR count). The van der Waals surface area contributed by atoms with E-state index in [4.69, 9.17) is 0 Å². The molecular weight excluding hydrogens is 279 g/mol. The molecule has 0 radical (unpaired) electrons. The van der Waals surface area contributed by atoms with Crippen molar-refractivity contribution < 1.29 is 13.2 Å². The zero-order chi connectivity index (χ0) is 14.8. The number of aromatic nitrogens is 2. The lowest BCUT2D eigenvalue weighted by atomic mass is 9.82. The zero-order valence-corrected chi connectivity index (χ0v) is 11.2. The molecule has 0 unspecified atom stereocenters. The topological polar surface area (TPSA) is 37.8 Å². The second kappa shape index (κ2) is 5.71. The van der Waals surface area contributed by atoms with Crippen LogP contribution >= 0.6 is 0 Å². The Bertz CT molecular complexity index is 636. The van der Waals surface area contributed by atoms with Crippen LogP contribution in [0.3, 0.4) is 0 Å². The van der Waals surface area contributed by atoms with Crippen molar-refractivity contribution in [3.05, 3.63) is 53.2 Å². The van der Waals surface area contributed by atoms with Crippen molar-refractivity contribution in [3.8, 4) is 0 Å². The summed E-state index contributed by atoms with van der Waals surface area (Å²) < 4.78 is 41.3. The Kier molecular flexibility index (Phi) is 3.77. The van der Waals surface area contributed by atoms with Crippen LogP contribution in [-0.4, -0.2) is 9.97 Å². The van der Waals surface area contributed by atoms with Crippen LogP contribution in [0.4, 0.5) is 19.0 Å².